The van der Waals surface area contributed by atoms with Crippen LogP contribution >= 0.6 is 11.3 Å². The summed E-state index contributed by atoms with van der Waals surface area (Å²) in [6.07, 6.45) is 9.25. The maximum Gasteiger partial charge on any atom is 0.246 e. The quantitative estimate of drug-likeness (QED) is 0.354. The van der Waals surface area contributed by atoms with Crippen LogP contribution in [0.1, 0.15) is 80.7 Å². The van der Waals surface area contributed by atoms with E-state index >= 15 is 0 Å². The van der Waals surface area contributed by atoms with Crippen LogP contribution in [0.15, 0.2) is 29.3 Å². The Hall–Kier alpha value is -3.95. The van der Waals surface area contributed by atoms with Gasteiger partial charge >= 0.3 is 0 Å². The van der Waals surface area contributed by atoms with Crippen molar-refractivity contribution >= 4 is 27.9 Å². The first-order chi connectivity index (χ1) is 22.2. The van der Waals surface area contributed by atoms with Crippen LogP contribution in [0.3, 0.4) is 0 Å². The van der Waals surface area contributed by atoms with Gasteiger partial charge in [0.2, 0.25) is 23.5 Å². The lowest BCUT2D eigenvalue weighted by Crippen LogP contribution is -2.67. The van der Waals surface area contributed by atoms with Gasteiger partial charge in [-0.25, -0.2) is 4.98 Å². The zero-order valence-corrected chi connectivity index (χ0v) is 27.7. The maximum absolute atomic E-state index is 12.8. The predicted molar refractivity (Wildman–Crippen MR) is 177 cm³/mol. The first-order valence-electron chi connectivity index (χ1n) is 16.4. The van der Waals surface area contributed by atoms with E-state index in [1.807, 2.05) is 17.0 Å². The highest BCUT2D eigenvalue weighted by molar-refractivity contribution is 7.16. The van der Waals surface area contributed by atoms with Crippen LogP contribution in [0.5, 0.6) is 5.88 Å². The Balaban J connectivity index is 1.25. The molecule has 0 bridgehead atoms. The van der Waals surface area contributed by atoms with Crippen molar-refractivity contribution in [2.24, 2.45) is 0 Å². The highest BCUT2D eigenvalue weighted by atomic mass is 32.1. The van der Waals surface area contributed by atoms with E-state index in [0.29, 0.717) is 53.0 Å². The SMILES string of the molecule is C=CC(=O)N1CCN(c2cc(O[C@@H](C)[C@@H]3CCCN3C)nc(-c3noc([C@@]4(C)CCCc5sc(N)c(C#N)c54)n3)c2)CC12CCC2. The summed E-state index contributed by atoms with van der Waals surface area (Å²) in [6.45, 7) is 11.0. The number of amides is 1. The van der Waals surface area contributed by atoms with Crippen LogP contribution in [-0.2, 0) is 16.6 Å². The smallest absolute Gasteiger partial charge is 0.246 e. The summed E-state index contributed by atoms with van der Waals surface area (Å²) in [5.41, 5.74) is 8.39. The molecule has 3 aromatic heterocycles. The second-order valence-corrected chi connectivity index (χ2v) is 14.8. The van der Waals surface area contributed by atoms with Crippen LogP contribution in [0.4, 0.5) is 10.7 Å². The third kappa shape index (κ3) is 5.04. The number of fused-ring (bicyclic) bond motifs is 1. The number of nitrogens with two attached hydrogens (primary N) is 1. The molecule has 3 aromatic rings. The molecule has 2 N–H and O–H groups in total. The lowest BCUT2D eigenvalue weighted by Gasteiger charge is -2.56. The number of aromatic nitrogens is 3. The Morgan fingerprint density at radius 2 is 2.07 bits per heavy atom. The number of pyridine rings is 1. The zero-order chi connectivity index (χ0) is 32.2. The highest BCUT2D eigenvalue weighted by Gasteiger charge is 2.48. The van der Waals surface area contributed by atoms with E-state index in [2.05, 4.69) is 48.5 Å². The molecule has 7 rings (SSSR count). The van der Waals surface area contributed by atoms with Crippen LogP contribution in [0.2, 0.25) is 0 Å². The summed E-state index contributed by atoms with van der Waals surface area (Å²) in [6, 6.07) is 6.64. The van der Waals surface area contributed by atoms with Crippen molar-refractivity contribution in [1.29, 1.82) is 5.26 Å². The average Bonchev–Trinajstić information content (AvgIpc) is 3.78. The van der Waals surface area contributed by atoms with E-state index in [0.717, 1.165) is 80.6 Å². The van der Waals surface area contributed by atoms with Gasteiger partial charge in [-0.1, -0.05) is 11.7 Å². The van der Waals surface area contributed by atoms with E-state index < -0.39 is 5.41 Å². The van der Waals surface area contributed by atoms with Crippen molar-refractivity contribution in [2.45, 2.75) is 88.3 Å². The first kappa shape index (κ1) is 30.7. The summed E-state index contributed by atoms with van der Waals surface area (Å²) in [5.74, 6) is 1.35. The Kier molecular flexibility index (Phi) is 7.80. The van der Waals surface area contributed by atoms with Gasteiger partial charge in [-0.05, 0) is 90.9 Å². The van der Waals surface area contributed by atoms with Gasteiger partial charge in [-0.15, -0.1) is 11.3 Å². The largest absolute Gasteiger partial charge is 0.473 e. The summed E-state index contributed by atoms with van der Waals surface area (Å²) in [7, 11) is 2.14. The second-order valence-electron chi connectivity index (χ2n) is 13.6. The molecule has 5 heterocycles. The van der Waals surface area contributed by atoms with Crippen LogP contribution in [-0.4, -0.2) is 81.7 Å². The van der Waals surface area contributed by atoms with Crippen molar-refractivity contribution in [2.75, 3.05) is 43.9 Å². The van der Waals surface area contributed by atoms with Gasteiger partial charge in [0.1, 0.15) is 22.9 Å². The molecule has 0 aromatic carbocycles. The number of likely N-dealkylation sites (N-methyl/N-ethyl adjacent to an activating group) is 1. The Bertz CT molecular complexity index is 1710. The lowest BCUT2D eigenvalue weighted by atomic mass is 9.72. The number of anilines is 2. The molecule has 1 spiro atoms. The molecule has 0 radical (unpaired) electrons. The van der Waals surface area contributed by atoms with Crippen molar-refractivity contribution in [3.05, 3.63) is 46.7 Å². The number of hydrogen-bond donors (Lipinski definition) is 1. The number of nitrogen functional groups attached to an aromatic ring is 1. The van der Waals surface area contributed by atoms with Crippen molar-refractivity contribution < 1.29 is 14.1 Å². The van der Waals surface area contributed by atoms with Crippen LogP contribution in [0, 0.1) is 11.3 Å². The zero-order valence-electron chi connectivity index (χ0n) is 26.9. The lowest BCUT2D eigenvalue weighted by molar-refractivity contribution is -0.137. The number of carbonyl (C=O) groups is 1. The minimum absolute atomic E-state index is 0.000997. The third-order valence-electron chi connectivity index (χ3n) is 10.8. The van der Waals surface area contributed by atoms with Crippen molar-refractivity contribution in [3.8, 4) is 23.5 Å². The molecule has 11 nitrogen and oxygen atoms in total. The molecule has 1 saturated carbocycles. The number of aryl methyl sites for hydroxylation is 1. The van der Waals surface area contributed by atoms with Gasteiger partial charge in [0, 0.05) is 47.9 Å². The summed E-state index contributed by atoms with van der Waals surface area (Å²) in [5, 5.41) is 14.9. The molecule has 2 aliphatic heterocycles. The number of carbonyl (C=O) groups excluding carboxylic acids is 1. The summed E-state index contributed by atoms with van der Waals surface area (Å²) >= 11 is 1.48. The highest BCUT2D eigenvalue weighted by Crippen LogP contribution is 2.49. The molecule has 1 amide bonds. The van der Waals surface area contributed by atoms with Crippen molar-refractivity contribution in [3.63, 3.8) is 0 Å². The number of rotatable bonds is 7. The minimum atomic E-state index is -0.624. The van der Waals surface area contributed by atoms with E-state index in [4.69, 9.17) is 25.0 Å². The first-order valence-corrected chi connectivity index (χ1v) is 17.2. The van der Waals surface area contributed by atoms with Gasteiger partial charge in [0.25, 0.3) is 0 Å². The molecule has 0 unspecified atom stereocenters. The molecule has 2 saturated heterocycles. The van der Waals surface area contributed by atoms with Crippen LogP contribution < -0.4 is 15.4 Å². The molecule has 2 aliphatic carbocycles. The van der Waals surface area contributed by atoms with E-state index in [1.165, 1.54) is 17.4 Å². The predicted octanol–water partition coefficient (Wildman–Crippen LogP) is 4.91. The summed E-state index contributed by atoms with van der Waals surface area (Å²) in [4.78, 5) is 30.4. The Morgan fingerprint density at radius 1 is 1.24 bits per heavy atom. The Labute approximate surface area is 274 Å². The number of likely N-dealkylation sites (tertiary alicyclic amines) is 1. The number of nitrogens with zero attached hydrogens (tertiary/aromatic N) is 7. The Morgan fingerprint density at radius 3 is 2.76 bits per heavy atom. The molecule has 3 fully saturated rings. The molecule has 4 aliphatic rings. The standard InChI is InChI=1S/C34H42N8O3S/c1-5-28(43)42-16-15-41(20-34(42)12-8-13-34)22-17-24(37-27(18-22)44-21(2)25-9-7-14-40(25)4)31-38-32(45-39-31)33(3)11-6-10-26-29(33)23(19-35)30(36)46-26/h5,17-18,21,25H,1,6-16,20,36H2,2-4H3/t21-,25-,33-/m0/s1. The number of hydrogen-bond acceptors (Lipinski definition) is 11. The van der Waals surface area contributed by atoms with Crippen molar-refractivity contribution in [1.82, 2.24) is 24.9 Å². The fourth-order valence-electron chi connectivity index (χ4n) is 8.17. The number of piperazine rings is 1. The molecule has 12 heteroatoms. The van der Waals surface area contributed by atoms with Gasteiger partial charge in [0.15, 0.2) is 0 Å². The topological polar surface area (TPSA) is 138 Å². The maximum atomic E-state index is 12.8. The van der Waals surface area contributed by atoms with Gasteiger partial charge < -0.3 is 24.8 Å². The number of ether oxygens (including phenoxy) is 1. The molecular weight excluding hydrogens is 600 g/mol. The molecule has 3 atom stereocenters. The normalized spacial score (nSPS) is 24.7. The van der Waals surface area contributed by atoms with E-state index in [-0.39, 0.29) is 17.6 Å². The monoisotopic (exact) mass is 642 g/mol. The minimum Gasteiger partial charge on any atom is -0.473 e. The van der Waals surface area contributed by atoms with Gasteiger partial charge in [0.05, 0.1) is 16.5 Å². The van der Waals surface area contributed by atoms with E-state index in [9.17, 15) is 10.1 Å². The van der Waals surface area contributed by atoms with E-state index in [1.54, 1.807) is 0 Å². The van der Waals surface area contributed by atoms with Gasteiger partial charge in [-0.2, -0.15) is 10.2 Å². The fourth-order valence-corrected chi connectivity index (χ4v) is 9.36. The molecule has 242 valence electrons. The third-order valence-corrected chi connectivity index (χ3v) is 11.9. The molecule has 46 heavy (non-hydrogen) atoms. The molecular formula is C34H42N8O3S. The fraction of sp³-hybridized carbons (Fsp3) is 0.559. The summed E-state index contributed by atoms with van der Waals surface area (Å²) < 4.78 is 12.5. The van der Waals surface area contributed by atoms with Gasteiger partial charge in [-0.3, -0.25) is 9.69 Å². The number of thiophene rings is 1. The number of nitriles is 1. The van der Waals surface area contributed by atoms with Crippen LogP contribution in [0.25, 0.3) is 11.5 Å². The second kappa shape index (κ2) is 11.7. The average molecular weight is 643 g/mol.